The van der Waals surface area contributed by atoms with Gasteiger partial charge in [0.2, 0.25) is 0 Å². The lowest BCUT2D eigenvalue weighted by Crippen LogP contribution is -2.41. The summed E-state index contributed by atoms with van der Waals surface area (Å²) in [7, 11) is 0. The summed E-state index contributed by atoms with van der Waals surface area (Å²) in [6, 6.07) is 0. The molecule has 2 rings (SSSR count). The first-order valence-electron chi connectivity index (χ1n) is 5.18. The van der Waals surface area contributed by atoms with Gasteiger partial charge in [0.1, 0.15) is 0 Å². The summed E-state index contributed by atoms with van der Waals surface area (Å²) < 4.78 is 5.22. The predicted octanol–water partition coefficient (Wildman–Crippen LogP) is -1.74. The third-order valence-corrected chi connectivity index (χ3v) is 2.37. The zero-order valence-electron chi connectivity index (χ0n) is 8.85. The average Bonchev–Trinajstić information content (AvgIpc) is 2.84. The van der Waals surface area contributed by atoms with Crippen molar-refractivity contribution in [3.05, 3.63) is 5.82 Å². The van der Waals surface area contributed by atoms with Crippen LogP contribution in [0.1, 0.15) is 10.6 Å². The van der Waals surface area contributed by atoms with Crippen molar-refractivity contribution < 1.29 is 9.53 Å². The maximum Gasteiger partial charge on any atom is 0.292 e. The Morgan fingerprint density at radius 2 is 2.31 bits per heavy atom. The molecule has 0 saturated carbocycles. The van der Waals surface area contributed by atoms with E-state index in [4.69, 9.17) is 4.74 Å². The maximum atomic E-state index is 11.4. The number of hydrogen-bond donors (Lipinski definition) is 2. The molecule has 2 heterocycles. The second-order valence-electron chi connectivity index (χ2n) is 3.45. The van der Waals surface area contributed by atoms with Crippen LogP contribution in [0, 0.1) is 0 Å². The molecule has 0 unspecified atom stereocenters. The van der Waals surface area contributed by atoms with E-state index in [1.807, 2.05) is 0 Å². The fourth-order valence-corrected chi connectivity index (χ4v) is 1.49. The molecule has 88 valence electrons. The van der Waals surface area contributed by atoms with E-state index in [0.717, 1.165) is 32.8 Å². The van der Waals surface area contributed by atoms with Crippen molar-refractivity contribution in [3.8, 4) is 0 Å². The van der Waals surface area contributed by atoms with Crippen LogP contribution in [0.15, 0.2) is 0 Å². The van der Waals surface area contributed by atoms with E-state index in [9.17, 15) is 4.79 Å². The highest BCUT2D eigenvalue weighted by Crippen LogP contribution is 1.94. The van der Waals surface area contributed by atoms with Crippen molar-refractivity contribution in [1.82, 2.24) is 30.8 Å². The molecule has 0 radical (unpaired) electrons. The Hall–Kier alpha value is -1.54. The van der Waals surface area contributed by atoms with Gasteiger partial charge in [-0.15, -0.1) is 10.2 Å². The Morgan fingerprint density at radius 1 is 1.50 bits per heavy atom. The van der Waals surface area contributed by atoms with E-state index in [0.29, 0.717) is 6.54 Å². The molecule has 1 fully saturated rings. The summed E-state index contributed by atoms with van der Waals surface area (Å²) in [5, 5.41) is 15.5. The summed E-state index contributed by atoms with van der Waals surface area (Å²) in [5.74, 6) is -0.232. The Kier molecular flexibility index (Phi) is 3.78. The normalized spacial score (nSPS) is 17.2. The third-order valence-electron chi connectivity index (χ3n) is 2.37. The number of hydrogen-bond acceptors (Lipinski definition) is 6. The lowest BCUT2D eigenvalue weighted by molar-refractivity contribution is 0.0383. The number of nitrogens with zero attached hydrogens (tertiary/aromatic N) is 4. The number of amides is 1. The summed E-state index contributed by atoms with van der Waals surface area (Å²) in [6.07, 6.45) is 0. The minimum atomic E-state index is -0.304. The van der Waals surface area contributed by atoms with Gasteiger partial charge in [-0.05, 0) is 5.21 Å². The molecule has 2 N–H and O–H groups in total. The first kappa shape index (κ1) is 11.0. The van der Waals surface area contributed by atoms with E-state index in [1.54, 1.807) is 0 Å². The van der Waals surface area contributed by atoms with Gasteiger partial charge < -0.3 is 10.1 Å². The Morgan fingerprint density at radius 3 is 3.00 bits per heavy atom. The van der Waals surface area contributed by atoms with E-state index in [-0.39, 0.29) is 11.7 Å². The molecule has 0 spiro atoms. The predicted molar refractivity (Wildman–Crippen MR) is 53.8 cm³/mol. The molecule has 1 aromatic heterocycles. The summed E-state index contributed by atoms with van der Waals surface area (Å²) in [4.78, 5) is 13.6. The topological polar surface area (TPSA) is 96.0 Å². The molecule has 1 aliphatic heterocycles. The monoisotopic (exact) mass is 226 g/mol. The van der Waals surface area contributed by atoms with Crippen molar-refractivity contribution in [3.63, 3.8) is 0 Å². The van der Waals surface area contributed by atoms with E-state index < -0.39 is 0 Å². The van der Waals surface area contributed by atoms with Gasteiger partial charge in [0, 0.05) is 26.2 Å². The largest absolute Gasteiger partial charge is 0.379 e. The number of ether oxygens (including phenoxy) is 1. The molecule has 0 aliphatic carbocycles. The molecule has 8 nitrogen and oxygen atoms in total. The minimum Gasteiger partial charge on any atom is -0.379 e. The fourth-order valence-electron chi connectivity index (χ4n) is 1.49. The zero-order valence-corrected chi connectivity index (χ0v) is 8.85. The van der Waals surface area contributed by atoms with Crippen LogP contribution >= 0.6 is 0 Å². The number of rotatable bonds is 4. The summed E-state index contributed by atoms with van der Waals surface area (Å²) in [5.41, 5.74) is 0. The van der Waals surface area contributed by atoms with E-state index >= 15 is 0 Å². The van der Waals surface area contributed by atoms with Crippen molar-refractivity contribution >= 4 is 5.91 Å². The number of carbonyl (C=O) groups excluding carboxylic acids is 1. The molecular weight excluding hydrogens is 212 g/mol. The van der Waals surface area contributed by atoms with Crippen LogP contribution in [0.2, 0.25) is 0 Å². The molecule has 0 aromatic carbocycles. The molecule has 1 aromatic rings. The third kappa shape index (κ3) is 2.97. The van der Waals surface area contributed by atoms with Crippen LogP contribution < -0.4 is 5.32 Å². The second-order valence-corrected chi connectivity index (χ2v) is 3.45. The van der Waals surface area contributed by atoms with Gasteiger partial charge in [0.25, 0.3) is 11.7 Å². The van der Waals surface area contributed by atoms with Gasteiger partial charge in [0.15, 0.2) is 0 Å². The molecule has 1 amide bonds. The van der Waals surface area contributed by atoms with Crippen molar-refractivity contribution in [2.45, 2.75) is 0 Å². The molecule has 1 aliphatic rings. The van der Waals surface area contributed by atoms with Crippen LogP contribution in [-0.4, -0.2) is 70.8 Å². The van der Waals surface area contributed by atoms with E-state index in [2.05, 4.69) is 30.8 Å². The Bertz CT molecular complexity index is 321. The second kappa shape index (κ2) is 5.52. The summed E-state index contributed by atoms with van der Waals surface area (Å²) >= 11 is 0. The number of aromatic nitrogens is 4. The first-order valence-corrected chi connectivity index (χ1v) is 5.18. The number of aromatic amines is 1. The van der Waals surface area contributed by atoms with Crippen LogP contribution in [0.5, 0.6) is 0 Å². The highest BCUT2D eigenvalue weighted by molar-refractivity contribution is 5.89. The lowest BCUT2D eigenvalue weighted by atomic mass is 10.4. The molecule has 0 bridgehead atoms. The molecule has 1 saturated heterocycles. The van der Waals surface area contributed by atoms with Crippen molar-refractivity contribution in [1.29, 1.82) is 0 Å². The standard InChI is InChI=1S/C8H14N6O2/c15-8(7-10-12-13-11-7)9-1-2-14-3-5-16-6-4-14/h1-6H2,(H,9,15)(H,10,11,12,13). The number of carbonyl (C=O) groups is 1. The van der Waals surface area contributed by atoms with E-state index in [1.165, 1.54) is 0 Å². The quantitative estimate of drug-likeness (QED) is 0.633. The van der Waals surface area contributed by atoms with Gasteiger partial charge in [-0.2, -0.15) is 5.21 Å². The fraction of sp³-hybridized carbons (Fsp3) is 0.750. The minimum absolute atomic E-state index is 0.0713. The van der Waals surface area contributed by atoms with Crippen LogP contribution in [0.4, 0.5) is 0 Å². The van der Waals surface area contributed by atoms with Gasteiger partial charge in [-0.1, -0.05) is 0 Å². The Labute approximate surface area is 92.3 Å². The number of nitrogens with one attached hydrogen (secondary N) is 2. The first-order chi connectivity index (χ1) is 7.86. The molecule has 0 atom stereocenters. The maximum absolute atomic E-state index is 11.4. The SMILES string of the molecule is O=C(NCCN1CCOCC1)c1nn[nH]n1. The molecule has 16 heavy (non-hydrogen) atoms. The zero-order chi connectivity index (χ0) is 11.2. The molecular formula is C8H14N6O2. The van der Waals surface area contributed by atoms with Crippen molar-refractivity contribution in [2.24, 2.45) is 0 Å². The summed E-state index contributed by atoms with van der Waals surface area (Å²) in [6.45, 7) is 4.74. The van der Waals surface area contributed by atoms with Crippen LogP contribution in [-0.2, 0) is 4.74 Å². The van der Waals surface area contributed by atoms with Gasteiger partial charge in [-0.3, -0.25) is 9.69 Å². The van der Waals surface area contributed by atoms with Gasteiger partial charge >= 0.3 is 0 Å². The number of tetrazole rings is 1. The van der Waals surface area contributed by atoms with Crippen LogP contribution in [0.25, 0.3) is 0 Å². The highest BCUT2D eigenvalue weighted by atomic mass is 16.5. The number of morpholine rings is 1. The Balaban J connectivity index is 1.66. The van der Waals surface area contributed by atoms with Gasteiger partial charge in [-0.25, -0.2) is 0 Å². The van der Waals surface area contributed by atoms with Crippen molar-refractivity contribution in [2.75, 3.05) is 39.4 Å². The lowest BCUT2D eigenvalue weighted by Gasteiger charge is -2.26. The van der Waals surface area contributed by atoms with Gasteiger partial charge in [0.05, 0.1) is 13.2 Å². The smallest absolute Gasteiger partial charge is 0.292 e. The number of H-pyrrole nitrogens is 1. The molecule has 8 heteroatoms. The highest BCUT2D eigenvalue weighted by Gasteiger charge is 2.12. The average molecular weight is 226 g/mol. The van der Waals surface area contributed by atoms with Crippen LogP contribution in [0.3, 0.4) is 0 Å².